The summed E-state index contributed by atoms with van der Waals surface area (Å²) in [6.45, 7) is 4.89. The maximum Gasteiger partial charge on any atom is 0.283 e. The van der Waals surface area contributed by atoms with Crippen molar-refractivity contribution in [2.75, 3.05) is 0 Å². The van der Waals surface area contributed by atoms with E-state index in [4.69, 9.17) is 0 Å². The van der Waals surface area contributed by atoms with Gasteiger partial charge in [-0.25, -0.2) is 4.72 Å². The minimum atomic E-state index is -3.80. The van der Waals surface area contributed by atoms with E-state index in [-0.39, 0.29) is 11.1 Å². The quantitative estimate of drug-likeness (QED) is 0.810. The standard InChI is InChI=1S/C8H13N3O3S/c1-6(2)11-5-4-8(9-11)15(13,14)10-7(3)12/h4-6H,1-3H3,(H,10,12). The van der Waals surface area contributed by atoms with Crippen LogP contribution in [-0.2, 0) is 14.8 Å². The highest BCUT2D eigenvalue weighted by Gasteiger charge is 2.18. The van der Waals surface area contributed by atoms with Crippen LogP contribution in [-0.4, -0.2) is 24.1 Å². The fraction of sp³-hybridized carbons (Fsp3) is 0.500. The molecular formula is C8H13N3O3S. The van der Waals surface area contributed by atoms with E-state index in [9.17, 15) is 13.2 Å². The van der Waals surface area contributed by atoms with Gasteiger partial charge in [0, 0.05) is 19.2 Å². The molecular weight excluding hydrogens is 218 g/mol. The number of hydrogen-bond acceptors (Lipinski definition) is 4. The maximum absolute atomic E-state index is 11.5. The third-order valence-electron chi connectivity index (χ3n) is 1.67. The molecule has 0 fully saturated rings. The van der Waals surface area contributed by atoms with Crippen molar-refractivity contribution in [2.24, 2.45) is 0 Å². The lowest BCUT2D eigenvalue weighted by atomic mass is 10.4. The Morgan fingerprint density at radius 1 is 1.53 bits per heavy atom. The van der Waals surface area contributed by atoms with Crippen molar-refractivity contribution in [2.45, 2.75) is 31.8 Å². The first kappa shape index (κ1) is 11.7. The Hall–Kier alpha value is -1.37. The minimum Gasteiger partial charge on any atom is -0.274 e. The number of carbonyl (C=O) groups excluding carboxylic acids is 1. The molecule has 0 saturated carbocycles. The van der Waals surface area contributed by atoms with Crippen molar-refractivity contribution < 1.29 is 13.2 Å². The Balaban J connectivity index is 3.01. The van der Waals surface area contributed by atoms with Crippen molar-refractivity contribution in [3.8, 4) is 0 Å². The minimum absolute atomic E-state index is 0.0753. The molecule has 0 atom stereocenters. The van der Waals surface area contributed by atoms with Crippen LogP contribution in [0.15, 0.2) is 17.3 Å². The number of amides is 1. The molecule has 0 saturated heterocycles. The average Bonchev–Trinajstić information content (AvgIpc) is 2.48. The van der Waals surface area contributed by atoms with Gasteiger partial charge in [-0.15, -0.1) is 0 Å². The molecule has 1 rings (SSSR count). The predicted octanol–water partition coefficient (Wildman–Crippen LogP) is 0.289. The van der Waals surface area contributed by atoms with Crippen molar-refractivity contribution in [1.82, 2.24) is 14.5 Å². The lowest BCUT2D eigenvalue weighted by Gasteiger charge is -2.04. The summed E-state index contributed by atoms with van der Waals surface area (Å²) in [5.41, 5.74) is 0. The SMILES string of the molecule is CC(=O)NS(=O)(=O)c1ccn(C(C)C)n1. The van der Waals surface area contributed by atoms with Gasteiger partial charge in [0.15, 0.2) is 5.03 Å². The first-order chi connectivity index (χ1) is 6.83. The van der Waals surface area contributed by atoms with Crippen LogP contribution >= 0.6 is 0 Å². The number of nitrogens with one attached hydrogen (secondary N) is 1. The van der Waals surface area contributed by atoms with Crippen LogP contribution in [0.2, 0.25) is 0 Å². The zero-order valence-corrected chi connectivity index (χ0v) is 9.58. The van der Waals surface area contributed by atoms with Gasteiger partial charge in [-0.1, -0.05) is 0 Å². The van der Waals surface area contributed by atoms with Crippen LogP contribution in [0.1, 0.15) is 26.8 Å². The summed E-state index contributed by atoms with van der Waals surface area (Å²) >= 11 is 0. The summed E-state index contributed by atoms with van der Waals surface area (Å²) in [7, 11) is -3.80. The van der Waals surface area contributed by atoms with Gasteiger partial charge in [0.25, 0.3) is 10.0 Å². The molecule has 7 heteroatoms. The van der Waals surface area contributed by atoms with Crippen LogP contribution < -0.4 is 4.72 Å². The highest BCUT2D eigenvalue weighted by atomic mass is 32.2. The van der Waals surface area contributed by atoms with Gasteiger partial charge in [0.2, 0.25) is 5.91 Å². The molecule has 0 aromatic carbocycles. The van der Waals surface area contributed by atoms with Gasteiger partial charge in [0.1, 0.15) is 0 Å². The fourth-order valence-corrected chi connectivity index (χ4v) is 1.92. The van der Waals surface area contributed by atoms with E-state index in [2.05, 4.69) is 5.10 Å². The van der Waals surface area contributed by atoms with Gasteiger partial charge in [-0.2, -0.15) is 13.5 Å². The summed E-state index contributed by atoms with van der Waals surface area (Å²) in [6, 6.07) is 1.43. The molecule has 0 unspecified atom stereocenters. The third-order valence-corrected chi connectivity index (χ3v) is 2.99. The number of aromatic nitrogens is 2. The maximum atomic E-state index is 11.5. The monoisotopic (exact) mass is 231 g/mol. The van der Waals surface area contributed by atoms with E-state index in [0.29, 0.717) is 0 Å². The molecule has 15 heavy (non-hydrogen) atoms. The molecule has 1 aromatic rings. The van der Waals surface area contributed by atoms with E-state index in [1.807, 2.05) is 18.6 Å². The number of sulfonamides is 1. The molecule has 0 aliphatic rings. The highest BCUT2D eigenvalue weighted by molar-refractivity contribution is 7.90. The average molecular weight is 231 g/mol. The van der Waals surface area contributed by atoms with E-state index in [1.165, 1.54) is 10.7 Å². The van der Waals surface area contributed by atoms with Gasteiger partial charge < -0.3 is 0 Å². The molecule has 0 spiro atoms. The molecule has 6 nitrogen and oxygen atoms in total. The first-order valence-electron chi connectivity index (χ1n) is 4.41. The Kier molecular flexibility index (Phi) is 3.13. The van der Waals surface area contributed by atoms with E-state index < -0.39 is 15.9 Å². The lowest BCUT2D eigenvalue weighted by Crippen LogP contribution is -2.28. The molecule has 1 amide bonds. The summed E-state index contributed by atoms with van der Waals surface area (Å²) in [6.07, 6.45) is 1.55. The van der Waals surface area contributed by atoms with Gasteiger partial charge in [-0.3, -0.25) is 9.48 Å². The zero-order chi connectivity index (χ0) is 11.6. The molecule has 84 valence electrons. The van der Waals surface area contributed by atoms with Gasteiger partial charge in [-0.05, 0) is 19.9 Å². The zero-order valence-electron chi connectivity index (χ0n) is 8.76. The third kappa shape index (κ3) is 2.79. The number of carbonyl (C=O) groups is 1. The summed E-state index contributed by atoms with van der Waals surface area (Å²) in [4.78, 5) is 10.6. The second kappa shape index (κ2) is 4.01. The van der Waals surface area contributed by atoms with Crippen LogP contribution in [0.25, 0.3) is 0 Å². The van der Waals surface area contributed by atoms with E-state index in [1.54, 1.807) is 6.20 Å². The molecule has 0 bridgehead atoms. The van der Waals surface area contributed by atoms with Gasteiger partial charge >= 0.3 is 0 Å². The Morgan fingerprint density at radius 3 is 2.53 bits per heavy atom. The van der Waals surface area contributed by atoms with Crippen LogP contribution in [0.5, 0.6) is 0 Å². The highest BCUT2D eigenvalue weighted by Crippen LogP contribution is 2.08. The van der Waals surface area contributed by atoms with Crippen LogP contribution in [0.4, 0.5) is 0 Å². The number of nitrogens with zero attached hydrogens (tertiary/aromatic N) is 2. The fourth-order valence-electron chi connectivity index (χ4n) is 0.993. The second-order valence-corrected chi connectivity index (χ2v) is 5.02. The molecule has 1 heterocycles. The van der Waals surface area contributed by atoms with Gasteiger partial charge in [0.05, 0.1) is 0 Å². The molecule has 1 aromatic heterocycles. The van der Waals surface area contributed by atoms with E-state index >= 15 is 0 Å². The van der Waals surface area contributed by atoms with Crippen LogP contribution in [0, 0.1) is 0 Å². The Labute approximate surface area is 88.3 Å². The second-order valence-electron chi connectivity index (χ2n) is 3.39. The van der Waals surface area contributed by atoms with E-state index in [0.717, 1.165) is 6.92 Å². The van der Waals surface area contributed by atoms with Crippen molar-refractivity contribution >= 4 is 15.9 Å². The predicted molar refractivity (Wildman–Crippen MR) is 53.6 cm³/mol. The summed E-state index contributed by atoms with van der Waals surface area (Å²) < 4.78 is 26.3. The topological polar surface area (TPSA) is 81.1 Å². The summed E-state index contributed by atoms with van der Waals surface area (Å²) in [5.74, 6) is -0.630. The first-order valence-corrected chi connectivity index (χ1v) is 5.90. The lowest BCUT2D eigenvalue weighted by molar-refractivity contribution is -0.117. The number of hydrogen-bond donors (Lipinski definition) is 1. The molecule has 1 N–H and O–H groups in total. The van der Waals surface area contributed by atoms with Crippen molar-refractivity contribution in [3.63, 3.8) is 0 Å². The smallest absolute Gasteiger partial charge is 0.274 e. The van der Waals surface area contributed by atoms with Crippen molar-refractivity contribution in [1.29, 1.82) is 0 Å². The molecule has 0 aliphatic carbocycles. The van der Waals surface area contributed by atoms with Crippen molar-refractivity contribution in [3.05, 3.63) is 12.3 Å². The summed E-state index contributed by atoms with van der Waals surface area (Å²) in [5, 5.41) is 3.70. The Bertz CT molecular complexity index is 461. The normalized spacial score (nSPS) is 11.7. The molecule has 0 aliphatic heterocycles. The van der Waals surface area contributed by atoms with Crippen LogP contribution in [0.3, 0.4) is 0 Å². The number of rotatable bonds is 3. The molecule has 0 radical (unpaired) electrons. The Morgan fingerprint density at radius 2 is 2.13 bits per heavy atom. The largest absolute Gasteiger partial charge is 0.283 e.